The Morgan fingerprint density at radius 3 is 1.10 bits per heavy atom. The van der Waals surface area contributed by atoms with Crippen LogP contribution in [0.25, 0.3) is 0 Å². The topological polar surface area (TPSA) is 52.6 Å². The lowest BCUT2D eigenvalue weighted by Crippen LogP contribution is -2.47. The maximum atomic E-state index is 12.7. The quantitative estimate of drug-likeness (QED) is 0.230. The monoisotopic (exact) mass is 440 g/mol. The fourth-order valence-electron chi connectivity index (χ4n) is 5.75. The highest BCUT2D eigenvalue weighted by Crippen LogP contribution is 2.39. The molecule has 0 bridgehead atoms. The first kappa shape index (κ1) is 29.9. The summed E-state index contributed by atoms with van der Waals surface area (Å²) in [6.07, 6.45) is 6.59. The van der Waals surface area contributed by atoms with Gasteiger partial charge in [0.25, 0.3) is 0 Å². The number of carbonyl (C=O) groups is 2. The van der Waals surface area contributed by atoms with Gasteiger partial charge in [-0.05, 0) is 68.6 Å². The molecule has 2 atom stereocenters. The first-order chi connectivity index (χ1) is 14.5. The second kappa shape index (κ2) is 14.2. The van der Waals surface area contributed by atoms with Crippen molar-refractivity contribution >= 4 is 11.9 Å². The summed E-state index contributed by atoms with van der Waals surface area (Å²) in [4.78, 5) is 25.4. The summed E-state index contributed by atoms with van der Waals surface area (Å²) in [5, 5.41) is 0. The van der Waals surface area contributed by atoms with E-state index < -0.39 is 11.2 Å². The molecule has 0 radical (unpaired) electrons. The van der Waals surface area contributed by atoms with E-state index in [0.29, 0.717) is 18.3 Å². The molecule has 0 aliphatic heterocycles. The molecule has 184 valence electrons. The third-order valence-electron chi connectivity index (χ3n) is 7.78. The Hall–Kier alpha value is -1.06. The predicted molar refractivity (Wildman–Crippen MR) is 130 cm³/mol. The van der Waals surface area contributed by atoms with Gasteiger partial charge in [-0.1, -0.05) is 69.2 Å². The number of rotatable bonds is 16. The Morgan fingerprint density at radius 1 is 0.613 bits per heavy atom. The molecule has 0 spiro atoms. The van der Waals surface area contributed by atoms with Crippen LogP contribution in [0.4, 0.5) is 0 Å². The molecule has 0 aliphatic carbocycles. The third kappa shape index (κ3) is 7.49. The molecule has 0 heterocycles. The van der Waals surface area contributed by atoms with Crippen LogP contribution in [0.2, 0.25) is 0 Å². The lowest BCUT2D eigenvalue weighted by molar-refractivity contribution is -0.177. The van der Waals surface area contributed by atoms with Gasteiger partial charge in [-0.15, -0.1) is 0 Å². The van der Waals surface area contributed by atoms with Crippen molar-refractivity contribution in [2.75, 3.05) is 0 Å². The van der Waals surface area contributed by atoms with Crippen molar-refractivity contribution in [1.82, 2.24) is 0 Å². The van der Waals surface area contributed by atoms with Crippen LogP contribution in [0.1, 0.15) is 127 Å². The summed E-state index contributed by atoms with van der Waals surface area (Å²) < 4.78 is 12.2. The molecular formula is C27H52O4. The van der Waals surface area contributed by atoms with Crippen LogP contribution in [0.3, 0.4) is 0 Å². The Bertz CT molecular complexity index is 473. The maximum Gasteiger partial charge on any atom is 0.306 e. The largest absolute Gasteiger partial charge is 0.459 e. The summed E-state index contributed by atoms with van der Waals surface area (Å²) in [5.41, 5.74) is -0.850. The molecule has 0 aliphatic rings. The maximum absolute atomic E-state index is 12.7. The zero-order valence-electron chi connectivity index (χ0n) is 22.3. The Morgan fingerprint density at radius 2 is 0.903 bits per heavy atom. The van der Waals surface area contributed by atoms with Gasteiger partial charge >= 0.3 is 11.9 Å². The van der Waals surface area contributed by atoms with Crippen LogP contribution in [-0.2, 0) is 19.1 Å². The molecule has 0 rings (SSSR count). The van der Waals surface area contributed by atoms with Crippen molar-refractivity contribution < 1.29 is 19.1 Å². The minimum absolute atomic E-state index is 0.194. The molecule has 0 N–H and O–H groups in total. The minimum Gasteiger partial charge on any atom is -0.459 e. The molecule has 0 fully saturated rings. The SMILES string of the molecule is CCC(CC)C(CC)(OC(=O)CCCC(=O)OC(CC)(C(C)C)C(CC)CC)C(C)C. The van der Waals surface area contributed by atoms with Crippen molar-refractivity contribution in [1.29, 1.82) is 0 Å². The van der Waals surface area contributed by atoms with Crippen molar-refractivity contribution in [3.63, 3.8) is 0 Å². The Balaban J connectivity index is 5.06. The average Bonchev–Trinajstić information content (AvgIpc) is 2.73. The Labute approximate surface area is 193 Å². The number of carbonyl (C=O) groups excluding carboxylic acids is 2. The van der Waals surface area contributed by atoms with Crippen molar-refractivity contribution in [3.8, 4) is 0 Å². The van der Waals surface area contributed by atoms with E-state index in [0.717, 1.165) is 38.5 Å². The molecule has 0 saturated heterocycles. The number of ether oxygens (including phenoxy) is 2. The Kier molecular flexibility index (Phi) is 13.7. The third-order valence-corrected chi connectivity index (χ3v) is 7.78. The van der Waals surface area contributed by atoms with Gasteiger partial charge in [0.1, 0.15) is 11.2 Å². The van der Waals surface area contributed by atoms with E-state index in [2.05, 4.69) is 69.2 Å². The van der Waals surface area contributed by atoms with E-state index in [4.69, 9.17) is 9.47 Å². The van der Waals surface area contributed by atoms with Crippen LogP contribution in [0.5, 0.6) is 0 Å². The summed E-state index contributed by atoms with van der Waals surface area (Å²) >= 11 is 0. The molecule has 4 heteroatoms. The zero-order chi connectivity index (χ0) is 24.2. The molecule has 2 unspecified atom stereocenters. The molecule has 0 aromatic heterocycles. The van der Waals surface area contributed by atoms with Crippen LogP contribution >= 0.6 is 0 Å². The van der Waals surface area contributed by atoms with Gasteiger partial charge in [0, 0.05) is 12.8 Å². The zero-order valence-corrected chi connectivity index (χ0v) is 22.3. The van der Waals surface area contributed by atoms with E-state index in [9.17, 15) is 9.59 Å². The summed E-state index contributed by atoms with van der Waals surface area (Å²) in [6.45, 7) is 21.4. The molecule has 0 amide bonds. The molecule has 4 nitrogen and oxygen atoms in total. The van der Waals surface area contributed by atoms with Crippen LogP contribution in [-0.4, -0.2) is 23.1 Å². The second-order valence-corrected chi connectivity index (χ2v) is 9.75. The molecule has 0 saturated carbocycles. The van der Waals surface area contributed by atoms with Gasteiger partial charge in [0.2, 0.25) is 0 Å². The number of hydrogen-bond acceptors (Lipinski definition) is 4. The van der Waals surface area contributed by atoms with E-state index in [1.807, 2.05) is 0 Å². The van der Waals surface area contributed by atoms with E-state index >= 15 is 0 Å². The van der Waals surface area contributed by atoms with Crippen molar-refractivity contribution in [2.45, 2.75) is 138 Å². The smallest absolute Gasteiger partial charge is 0.306 e. The van der Waals surface area contributed by atoms with E-state index in [1.54, 1.807) is 0 Å². The van der Waals surface area contributed by atoms with Gasteiger partial charge in [-0.25, -0.2) is 0 Å². The molecular weight excluding hydrogens is 388 g/mol. The summed E-state index contributed by atoms with van der Waals surface area (Å²) in [6, 6.07) is 0. The van der Waals surface area contributed by atoms with Crippen molar-refractivity contribution in [2.24, 2.45) is 23.7 Å². The standard InChI is InChI=1S/C27H52O4/c1-11-22(12-2)26(15-5,20(7)8)30-24(28)18-17-19-25(29)31-27(16-6,21(9)10)23(13-3)14-4/h20-23H,11-19H2,1-10H3. The van der Waals surface area contributed by atoms with Gasteiger partial charge in [0.05, 0.1) is 0 Å². The highest BCUT2D eigenvalue weighted by atomic mass is 16.6. The second-order valence-electron chi connectivity index (χ2n) is 9.75. The lowest BCUT2D eigenvalue weighted by Gasteiger charge is -2.43. The normalized spacial score (nSPS) is 15.9. The minimum atomic E-state index is -0.425. The van der Waals surface area contributed by atoms with Crippen LogP contribution in [0.15, 0.2) is 0 Å². The van der Waals surface area contributed by atoms with E-state index in [1.165, 1.54) is 0 Å². The van der Waals surface area contributed by atoms with Gasteiger partial charge < -0.3 is 9.47 Å². The molecule has 0 aromatic carbocycles. The van der Waals surface area contributed by atoms with Crippen molar-refractivity contribution in [3.05, 3.63) is 0 Å². The summed E-state index contributed by atoms with van der Waals surface area (Å²) in [5.74, 6) is 0.826. The number of esters is 2. The first-order valence-corrected chi connectivity index (χ1v) is 13.0. The van der Waals surface area contributed by atoms with Gasteiger partial charge in [0.15, 0.2) is 0 Å². The van der Waals surface area contributed by atoms with Gasteiger partial charge in [-0.2, -0.15) is 0 Å². The molecule has 0 aromatic rings. The fourth-order valence-corrected chi connectivity index (χ4v) is 5.75. The van der Waals surface area contributed by atoms with E-state index in [-0.39, 0.29) is 36.6 Å². The average molecular weight is 441 g/mol. The predicted octanol–water partition coefficient (Wildman–Crippen LogP) is 7.73. The highest BCUT2D eigenvalue weighted by molar-refractivity contribution is 5.73. The van der Waals surface area contributed by atoms with Gasteiger partial charge in [-0.3, -0.25) is 9.59 Å². The summed E-state index contributed by atoms with van der Waals surface area (Å²) in [7, 11) is 0. The first-order valence-electron chi connectivity index (χ1n) is 13.0. The lowest BCUT2D eigenvalue weighted by atomic mass is 9.73. The molecule has 31 heavy (non-hydrogen) atoms. The van der Waals surface area contributed by atoms with Crippen LogP contribution < -0.4 is 0 Å². The van der Waals surface area contributed by atoms with Crippen LogP contribution in [0, 0.1) is 23.7 Å². The number of hydrogen-bond donors (Lipinski definition) is 0. The highest BCUT2D eigenvalue weighted by Gasteiger charge is 2.43. The fraction of sp³-hybridized carbons (Fsp3) is 0.926.